The predicted octanol–water partition coefficient (Wildman–Crippen LogP) is -0.501. The highest BCUT2D eigenvalue weighted by molar-refractivity contribution is 5.44. The van der Waals surface area contributed by atoms with Crippen molar-refractivity contribution in [2.45, 2.75) is 19.6 Å². The van der Waals surface area contributed by atoms with Gasteiger partial charge in [-0.3, -0.25) is 9.78 Å². The van der Waals surface area contributed by atoms with Gasteiger partial charge in [0.2, 0.25) is 0 Å². The van der Waals surface area contributed by atoms with Crippen LogP contribution in [0.2, 0.25) is 0 Å². The van der Waals surface area contributed by atoms with E-state index in [0.29, 0.717) is 17.8 Å². The summed E-state index contributed by atoms with van der Waals surface area (Å²) in [7, 11) is 1.45. The Balaban J connectivity index is 2.59. The molecule has 1 aliphatic heterocycles. The number of methoxy groups -OCH3 is 1. The number of anilines is 1. The molecule has 0 atom stereocenters. The molecule has 0 bridgehead atoms. The maximum Gasteiger partial charge on any atom is 0.331 e. The Morgan fingerprint density at radius 1 is 1.47 bits per heavy atom. The quantitative estimate of drug-likeness (QED) is 0.691. The van der Waals surface area contributed by atoms with Gasteiger partial charge >= 0.3 is 5.69 Å². The predicted molar refractivity (Wildman–Crippen MR) is 55.1 cm³/mol. The van der Waals surface area contributed by atoms with Crippen molar-refractivity contribution in [2.75, 3.05) is 19.0 Å². The van der Waals surface area contributed by atoms with Crippen LogP contribution >= 0.6 is 0 Å². The van der Waals surface area contributed by atoms with Gasteiger partial charge in [-0.05, 0) is 12.8 Å². The van der Waals surface area contributed by atoms with Crippen LogP contribution in [0.15, 0.2) is 9.59 Å². The molecule has 0 fully saturated rings. The van der Waals surface area contributed by atoms with Crippen LogP contribution in [0.1, 0.15) is 12.0 Å². The van der Waals surface area contributed by atoms with Crippen molar-refractivity contribution in [2.24, 2.45) is 0 Å². The van der Waals surface area contributed by atoms with Gasteiger partial charge in [0.15, 0.2) is 0 Å². The van der Waals surface area contributed by atoms with E-state index in [1.54, 1.807) is 0 Å². The van der Waals surface area contributed by atoms with Crippen LogP contribution < -0.4 is 16.6 Å². The van der Waals surface area contributed by atoms with Gasteiger partial charge in [-0.15, -0.1) is 0 Å². The van der Waals surface area contributed by atoms with Crippen LogP contribution in [0, 0.1) is 0 Å². The summed E-state index contributed by atoms with van der Waals surface area (Å²) >= 11 is 0. The number of rotatable bonds is 2. The van der Waals surface area contributed by atoms with E-state index in [1.807, 2.05) is 0 Å². The molecule has 0 spiro atoms. The molecule has 0 amide bonds. The lowest BCUT2D eigenvalue weighted by Gasteiger charge is -2.17. The molecule has 0 unspecified atom stereocenters. The molecular weight excluding hydrogens is 198 g/mol. The van der Waals surface area contributed by atoms with Gasteiger partial charge in [0.1, 0.15) is 12.5 Å². The summed E-state index contributed by atoms with van der Waals surface area (Å²) in [4.78, 5) is 26.0. The molecule has 0 saturated heterocycles. The van der Waals surface area contributed by atoms with Gasteiger partial charge in [-0.25, -0.2) is 9.36 Å². The summed E-state index contributed by atoms with van der Waals surface area (Å²) in [5.41, 5.74) is -0.0595. The van der Waals surface area contributed by atoms with Crippen molar-refractivity contribution in [1.82, 2.24) is 9.55 Å². The molecule has 0 aromatic carbocycles. The van der Waals surface area contributed by atoms with Gasteiger partial charge in [-0.2, -0.15) is 0 Å². The van der Waals surface area contributed by atoms with E-state index in [9.17, 15) is 9.59 Å². The topological polar surface area (TPSA) is 76.1 Å². The second-order valence-electron chi connectivity index (χ2n) is 3.46. The van der Waals surface area contributed by atoms with Gasteiger partial charge in [0.05, 0.1) is 5.56 Å². The lowest BCUT2D eigenvalue weighted by Crippen LogP contribution is -2.40. The van der Waals surface area contributed by atoms with E-state index >= 15 is 0 Å². The van der Waals surface area contributed by atoms with Crippen molar-refractivity contribution in [3.05, 3.63) is 26.4 Å². The van der Waals surface area contributed by atoms with E-state index in [2.05, 4.69) is 10.3 Å². The molecule has 1 aromatic heterocycles. The summed E-state index contributed by atoms with van der Waals surface area (Å²) in [6.07, 6.45) is 1.60. The number of nitrogens with zero attached hydrogens (tertiary/aromatic N) is 1. The average molecular weight is 211 g/mol. The third kappa shape index (κ3) is 1.68. The molecule has 1 aliphatic rings. The van der Waals surface area contributed by atoms with E-state index in [1.165, 1.54) is 7.11 Å². The minimum atomic E-state index is -0.435. The minimum Gasteiger partial charge on any atom is -0.371 e. The number of nitrogens with one attached hydrogen (secondary N) is 2. The zero-order chi connectivity index (χ0) is 10.8. The van der Waals surface area contributed by atoms with Crippen LogP contribution in [-0.2, 0) is 17.9 Å². The van der Waals surface area contributed by atoms with Crippen molar-refractivity contribution < 1.29 is 4.74 Å². The minimum absolute atomic E-state index is 0.0125. The number of aromatic amines is 1. The fourth-order valence-electron chi connectivity index (χ4n) is 1.72. The first-order valence-electron chi connectivity index (χ1n) is 4.83. The highest BCUT2D eigenvalue weighted by Crippen LogP contribution is 2.12. The van der Waals surface area contributed by atoms with Crippen LogP contribution in [0.5, 0.6) is 0 Å². The Morgan fingerprint density at radius 2 is 2.27 bits per heavy atom. The van der Waals surface area contributed by atoms with Gasteiger partial charge in [0.25, 0.3) is 5.56 Å². The van der Waals surface area contributed by atoms with Crippen molar-refractivity contribution >= 4 is 5.82 Å². The lowest BCUT2D eigenvalue weighted by molar-refractivity contribution is 0.124. The zero-order valence-electron chi connectivity index (χ0n) is 8.50. The third-order valence-electron chi connectivity index (χ3n) is 2.45. The van der Waals surface area contributed by atoms with Gasteiger partial charge in [-0.1, -0.05) is 0 Å². The molecule has 6 nitrogen and oxygen atoms in total. The summed E-state index contributed by atoms with van der Waals surface area (Å²) in [6, 6.07) is 0. The molecule has 1 aromatic rings. The fraction of sp³-hybridized carbons (Fsp3) is 0.556. The summed E-state index contributed by atoms with van der Waals surface area (Å²) in [5.74, 6) is 0.559. The first kappa shape index (κ1) is 9.97. The second-order valence-corrected chi connectivity index (χ2v) is 3.46. The number of hydrogen-bond donors (Lipinski definition) is 2. The van der Waals surface area contributed by atoms with Crippen molar-refractivity contribution in [1.29, 1.82) is 0 Å². The van der Waals surface area contributed by atoms with Crippen LogP contribution in [-0.4, -0.2) is 23.2 Å². The molecule has 6 heteroatoms. The highest BCUT2D eigenvalue weighted by atomic mass is 16.5. The number of ether oxygens (including phenoxy) is 1. The molecule has 0 aliphatic carbocycles. The Labute approximate surface area is 85.9 Å². The normalized spacial score (nSPS) is 14.5. The van der Waals surface area contributed by atoms with E-state index < -0.39 is 5.69 Å². The smallest absolute Gasteiger partial charge is 0.331 e. The van der Waals surface area contributed by atoms with Crippen LogP contribution in [0.4, 0.5) is 5.82 Å². The first-order valence-corrected chi connectivity index (χ1v) is 4.83. The molecule has 82 valence electrons. The Bertz CT molecular complexity index is 474. The number of H-pyrrole nitrogens is 1. The van der Waals surface area contributed by atoms with E-state index in [-0.39, 0.29) is 12.3 Å². The molecule has 2 heterocycles. The van der Waals surface area contributed by atoms with Crippen molar-refractivity contribution in [3.8, 4) is 0 Å². The maximum absolute atomic E-state index is 11.8. The molecule has 2 rings (SSSR count). The Kier molecular flexibility index (Phi) is 2.59. The van der Waals surface area contributed by atoms with E-state index in [0.717, 1.165) is 17.5 Å². The molecule has 0 saturated carbocycles. The largest absolute Gasteiger partial charge is 0.371 e. The lowest BCUT2D eigenvalue weighted by atomic mass is 10.1. The number of hydrogen-bond acceptors (Lipinski definition) is 4. The number of aromatic nitrogens is 2. The SMILES string of the molecule is COCn1c(=O)[nH]c2c(c1=O)CCCN2. The summed E-state index contributed by atoms with van der Waals surface area (Å²) in [5, 5.41) is 3.00. The monoisotopic (exact) mass is 211 g/mol. The molecular formula is C9H13N3O3. The summed E-state index contributed by atoms with van der Waals surface area (Å²) in [6.45, 7) is 0.776. The highest BCUT2D eigenvalue weighted by Gasteiger charge is 2.16. The molecule has 2 N–H and O–H groups in total. The fourth-order valence-corrected chi connectivity index (χ4v) is 1.72. The van der Waals surface area contributed by atoms with Crippen molar-refractivity contribution in [3.63, 3.8) is 0 Å². The average Bonchev–Trinajstić information content (AvgIpc) is 2.24. The Morgan fingerprint density at radius 3 is 3.00 bits per heavy atom. The Hall–Kier alpha value is -1.56. The second kappa shape index (κ2) is 3.90. The zero-order valence-corrected chi connectivity index (χ0v) is 8.50. The first-order chi connectivity index (χ1) is 7.24. The maximum atomic E-state index is 11.8. The summed E-state index contributed by atoms with van der Waals surface area (Å²) < 4.78 is 5.86. The third-order valence-corrected chi connectivity index (χ3v) is 2.45. The standard InChI is InChI=1S/C9H13N3O3/c1-15-5-12-8(13)6-3-2-4-10-7(6)11-9(12)14/h10H,2-5H2,1H3,(H,11,14). The van der Waals surface area contributed by atoms with Crippen LogP contribution in [0.3, 0.4) is 0 Å². The number of fused-ring (bicyclic) bond motifs is 1. The van der Waals surface area contributed by atoms with E-state index in [4.69, 9.17) is 4.74 Å². The van der Waals surface area contributed by atoms with Gasteiger partial charge < -0.3 is 10.1 Å². The molecule has 15 heavy (non-hydrogen) atoms. The molecule has 0 radical (unpaired) electrons. The van der Waals surface area contributed by atoms with Crippen LogP contribution in [0.25, 0.3) is 0 Å². The van der Waals surface area contributed by atoms with Gasteiger partial charge in [0, 0.05) is 13.7 Å².